The maximum Gasteiger partial charge on any atom is 0.415 e. The summed E-state index contributed by atoms with van der Waals surface area (Å²) in [6.07, 6.45) is 3.78. The van der Waals surface area contributed by atoms with Crippen molar-refractivity contribution in [3.63, 3.8) is 0 Å². The molecule has 2 aliphatic rings. The Morgan fingerprint density at radius 1 is 1.24 bits per heavy atom. The second-order valence-electron chi connectivity index (χ2n) is 8.85. The second kappa shape index (κ2) is 8.04. The molecule has 0 unspecified atom stereocenters. The third-order valence-electron chi connectivity index (χ3n) is 6.19. The van der Waals surface area contributed by atoms with E-state index in [0.717, 1.165) is 41.7 Å². The van der Waals surface area contributed by atoms with Crippen LogP contribution in [0.1, 0.15) is 11.1 Å². The molecule has 0 aliphatic carbocycles. The number of aryl methyl sites for hydroxylation is 1. The van der Waals surface area contributed by atoms with E-state index in [1.54, 1.807) is 12.0 Å². The summed E-state index contributed by atoms with van der Waals surface area (Å²) in [6, 6.07) is 9.98. The number of hydrogen-bond donors (Lipinski definition) is 1. The van der Waals surface area contributed by atoms with E-state index < -0.39 is 5.60 Å². The summed E-state index contributed by atoms with van der Waals surface area (Å²) in [7, 11) is 3.60. The van der Waals surface area contributed by atoms with Crippen molar-refractivity contribution in [2.24, 2.45) is 0 Å². The van der Waals surface area contributed by atoms with Gasteiger partial charge in [0.2, 0.25) is 0 Å². The molecule has 2 aromatic carbocycles. The molecule has 2 fully saturated rings. The zero-order valence-corrected chi connectivity index (χ0v) is 19.1. The molecule has 1 amide bonds. The molecule has 170 valence electrons. The standard InChI is InChI=1S/C25H27N5O3/c1-5-6-17-9-16(2)7-8-19(17)28-23-18-10-21(22(32-4)11-20(18)26-15-27-23)30-14-25(33-24(30)31)12-29(3)13-25/h5,7-11,15H,1,6,12-14H2,2-4H3,(H,26,27,28). The van der Waals surface area contributed by atoms with E-state index in [1.165, 1.54) is 11.9 Å². The third kappa shape index (κ3) is 3.76. The number of anilines is 3. The van der Waals surface area contributed by atoms with Crippen LogP contribution in [-0.4, -0.2) is 60.4 Å². The van der Waals surface area contributed by atoms with Crippen molar-refractivity contribution in [2.75, 3.05) is 44.0 Å². The fraction of sp³-hybridized carbons (Fsp3) is 0.320. The van der Waals surface area contributed by atoms with E-state index in [0.29, 0.717) is 23.8 Å². The van der Waals surface area contributed by atoms with Crippen molar-refractivity contribution in [2.45, 2.75) is 18.9 Å². The van der Waals surface area contributed by atoms with Gasteiger partial charge in [0.15, 0.2) is 5.60 Å². The molecule has 1 N–H and O–H groups in total. The summed E-state index contributed by atoms with van der Waals surface area (Å²) >= 11 is 0. The van der Waals surface area contributed by atoms with Crippen LogP contribution in [0.2, 0.25) is 0 Å². The van der Waals surface area contributed by atoms with Crippen molar-refractivity contribution in [1.82, 2.24) is 14.9 Å². The minimum absolute atomic E-state index is 0.362. The molecule has 0 atom stereocenters. The summed E-state index contributed by atoms with van der Waals surface area (Å²) in [6.45, 7) is 7.87. The van der Waals surface area contributed by atoms with Crippen LogP contribution in [0.5, 0.6) is 5.75 Å². The number of rotatable bonds is 6. The molecule has 1 spiro atoms. The van der Waals surface area contributed by atoms with Crippen LogP contribution in [0.4, 0.5) is 22.0 Å². The molecular weight excluding hydrogens is 418 g/mol. The molecule has 1 aromatic heterocycles. The Bertz CT molecular complexity index is 1250. The van der Waals surface area contributed by atoms with Crippen LogP contribution < -0.4 is 15.0 Å². The maximum absolute atomic E-state index is 12.8. The number of amides is 1. The molecule has 5 rings (SSSR count). The number of carbonyl (C=O) groups is 1. The highest BCUT2D eigenvalue weighted by Crippen LogP contribution is 2.41. The zero-order chi connectivity index (χ0) is 23.2. The van der Waals surface area contributed by atoms with Crippen molar-refractivity contribution >= 4 is 34.2 Å². The van der Waals surface area contributed by atoms with Crippen LogP contribution in [0.25, 0.3) is 10.9 Å². The molecule has 8 nitrogen and oxygen atoms in total. The Kier molecular flexibility index (Phi) is 5.17. The van der Waals surface area contributed by atoms with Gasteiger partial charge in [0.05, 0.1) is 24.9 Å². The summed E-state index contributed by atoms with van der Waals surface area (Å²) in [5.41, 5.74) is 4.17. The first-order valence-corrected chi connectivity index (χ1v) is 10.9. The lowest BCUT2D eigenvalue weighted by molar-refractivity contribution is -0.0599. The topological polar surface area (TPSA) is 79.8 Å². The maximum atomic E-state index is 12.8. The lowest BCUT2D eigenvalue weighted by Gasteiger charge is -2.43. The summed E-state index contributed by atoms with van der Waals surface area (Å²) < 4.78 is 11.4. The zero-order valence-electron chi connectivity index (χ0n) is 19.1. The number of ether oxygens (including phenoxy) is 2. The van der Waals surface area contributed by atoms with Gasteiger partial charge in [-0.15, -0.1) is 6.58 Å². The molecule has 0 radical (unpaired) electrons. The summed E-state index contributed by atoms with van der Waals surface area (Å²) in [5.74, 6) is 1.22. The van der Waals surface area contributed by atoms with Gasteiger partial charge in [0.25, 0.3) is 0 Å². The lowest BCUT2D eigenvalue weighted by Crippen LogP contribution is -2.62. The molecule has 0 bridgehead atoms. The number of nitrogens with one attached hydrogen (secondary N) is 1. The minimum Gasteiger partial charge on any atom is -0.494 e. The number of methoxy groups -OCH3 is 1. The van der Waals surface area contributed by atoms with Gasteiger partial charge in [-0.05, 0) is 38.1 Å². The van der Waals surface area contributed by atoms with E-state index in [-0.39, 0.29) is 6.09 Å². The third-order valence-corrected chi connectivity index (χ3v) is 6.19. The Morgan fingerprint density at radius 2 is 2.06 bits per heavy atom. The Balaban J connectivity index is 1.56. The number of likely N-dealkylation sites (N-methyl/N-ethyl adjacent to an activating group) is 1. The highest BCUT2D eigenvalue weighted by atomic mass is 16.6. The first kappa shape index (κ1) is 21.2. The first-order chi connectivity index (χ1) is 15.9. The van der Waals surface area contributed by atoms with E-state index >= 15 is 0 Å². The molecule has 33 heavy (non-hydrogen) atoms. The number of benzene rings is 2. The molecule has 3 heterocycles. The number of fused-ring (bicyclic) bond motifs is 1. The van der Waals surface area contributed by atoms with Gasteiger partial charge in [0, 0.05) is 30.2 Å². The van der Waals surface area contributed by atoms with Crippen LogP contribution in [-0.2, 0) is 11.2 Å². The number of aromatic nitrogens is 2. The van der Waals surface area contributed by atoms with E-state index in [2.05, 4.69) is 45.8 Å². The Labute approximate surface area is 192 Å². The second-order valence-corrected chi connectivity index (χ2v) is 8.85. The van der Waals surface area contributed by atoms with E-state index in [4.69, 9.17) is 9.47 Å². The van der Waals surface area contributed by atoms with E-state index in [9.17, 15) is 4.79 Å². The van der Waals surface area contributed by atoms with Crippen LogP contribution in [0.3, 0.4) is 0 Å². The predicted octanol–water partition coefficient (Wildman–Crippen LogP) is 4.06. The number of carbonyl (C=O) groups excluding carboxylic acids is 1. The Morgan fingerprint density at radius 3 is 2.79 bits per heavy atom. The molecule has 0 saturated carbocycles. The van der Waals surface area contributed by atoms with Gasteiger partial charge in [-0.3, -0.25) is 9.80 Å². The van der Waals surface area contributed by atoms with Gasteiger partial charge >= 0.3 is 6.09 Å². The van der Waals surface area contributed by atoms with Crippen molar-refractivity contribution < 1.29 is 14.3 Å². The fourth-order valence-electron chi connectivity index (χ4n) is 4.75. The SMILES string of the molecule is C=CCc1cc(C)ccc1Nc1ncnc2cc(OC)c(N3CC4(CN(C)C4)OC3=O)cc12. The minimum atomic E-state index is -0.457. The highest BCUT2D eigenvalue weighted by molar-refractivity contribution is 6.00. The van der Waals surface area contributed by atoms with Crippen LogP contribution >= 0.6 is 0 Å². The van der Waals surface area contributed by atoms with Crippen LogP contribution in [0.15, 0.2) is 49.3 Å². The quantitative estimate of drug-likeness (QED) is 0.573. The normalized spacial score (nSPS) is 17.2. The molecule has 2 aliphatic heterocycles. The smallest absolute Gasteiger partial charge is 0.415 e. The van der Waals surface area contributed by atoms with Gasteiger partial charge in [-0.1, -0.05) is 23.8 Å². The van der Waals surface area contributed by atoms with Crippen molar-refractivity contribution in [1.29, 1.82) is 0 Å². The number of nitrogens with zero attached hydrogens (tertiary/aromatic N) is 4. The Hall–Kier alpha value is -3.65. The largest absolute Gasteiger partial charge is 0.494 e. The predicted molar refractivity (Wildman–Crippen MR) is 129 cm³/mol. The monoisotopic (exact) mass is 445 g/mol. The van der Waals surface area contributed by atoms with Gasteiger partial charge in [-0.2, -0.15) is 0 Å². The molecule has 2 saturated heterocycles. The molecule has 3 aromatic rings. The molecule has 8 heteroatoms. The van der Waals surface area contributed by atoms with Gasteiger partial charge < -0.3 is 14.8 Å². The van der Waals surface area contributed by atoms with Crippen LogP contribution in [0, 0.1) is 6.92 Å². The number of allylic oxidation sites excluding steroid dienone is 1. The lowest BCUT2D eigenvalue weighted by atomic mass is 9.95. The highest BCUT2D eigenvalue weighted by Gasteiger charge is 2.53. The number of hydrogen-bond acceptors (Lipinski definition) is 7. The first-order valence-electron chi connectivity index (χ1n) is 10.9. The number of likely N-dealkylation sites (tertiary alicyclic amines) is 1. The summed E-state index contributed by atoms with van der Waals surface area (Å²) in [4.78, 5) is 25.5. The van der Waals surface area contributed by atoms with Gasteiger partial charge in [-0.25, -0.2) is 14.8 Å². The molecular formula is C25H27N5O3. The van der Waals surface area contributed by atoms with Gasteiger partial charge in [0.1, 0.15) is 17.9 Å². The summed E-state index contributed by atoms with van der Waals surface area (Å²) in [5, 5.41) is 4.25. The van der Waals surface area contributed by atoms with Crippen molar-refractivity contribution in [3.05, 3.63) is 60.4 Å². The van der Waals surface area contributed by atoms with E-state index in [1.807, 2.05) is 31.3 Å². The average molecular weight is 446 g/mol. The fourth-order valence-corrected chi connectivity index (χ4v) is 4.75. The van der Waals surface area contributed by atoms with Crippen molar-refractivity contribution in [3.8, 4) is 5.75 Å². The average Bonchev–Trinajstić information content (AvgIpc) is 3.11.